The molecule has 62 valence electrons. The summed E-state index contributed by atoms with van der Waals surface area (Å²) in [6, 6.07) is 0. The first-order valence-corrected chi connectivity index (χ1v) is 3.88. The molecule has 0 fully saturated rings. The summed E-state index contributed by atoms with van der Waals surface area (Å²) in [6.45, 7) is 5.52. The average molecular weight is 154 g/mol. The first kappa shape index (κ1) is 8.27. The predicted octanol–water partition coefficient (Wildman–Crippen LogP) is 0.173. The molecule has 1 rings (SSSR count). The number of nitrogens with one attached hydrogen (secondary N) is 1. The summed E-state index contributed by atoms with van der Waals surface area (Å²) < 4.78 is 0. The highest BCUT2D eigenvalue weighted by Gasteiger charge is 2.15. The van der Waals surface area contributed by atoms with Gasteiger partial charge in [-0.25, -0.2) is 0 Å². The van der Waals surface area contributed by atoms with Crippen LogP contribution in [0.3, 0.4) is 0 Å². The molecule has 0 spiro atoms. The summed E-state index contributed by atoms with van der Waals surface area (Å²) in [7, 11) is 0. The van der Waals surface area contributed by atoms with E-state index in [9.17, 15) is 0 Å². The molecular weight excluding hydrogens is 140 g/mol. The molecule has 0 bridgehead atoms. The van der Waals surface area contributed by atoms with Crippen LogP contribution < -0.4 is 5.32 Å². The summed E-state index contributed by atoms with van der Waals surface area (Å²) >= 11 is 0. The molecule has 0 aromatic rings. The van der Waals surface area contributed by atoms with Crippen LogP contribution in [-0.2, 0) is 0 Å². The molecule has 11 heavy (non-hydrogen) atoms. The van der Waals surface area contributed by atoms with Gasteiger partial charge in [-0.2, -0.15) is 0 Å². The zero-order valence-electron chi connectivity index (χ0n) is 6.58. The number of aliphatic hydroxyl groups is 1. The van der Waals surface area contributed by atoms with Crippen LogP contribution in [0.1, 0.15) is 6.42 Å². The van der Waals surface area contributed by atoms with Crippen molar-refractivity contribution in [3.8, 4) is 0 Å². The number of aliphatic imine (C=N–C) groups is 1. The van der Waals surface area contributed by atoms with E-state index in [0.717, 1.165) is 25.3 Å². The standard InChI is InChI=1S/C8H14N2O/c1-2-3-7(6-11)8-9-4-5-10-8/h2,7,11H,1,3-6H2,(H,9,10). The van der Waals surface area contributed by atoms with Crippen LogP contribution in [0.25, 0.3) is 0 Å². The average Bonchev–Trinajstić information content (AvgIpc) is 2.52. The van der Waals surface area contributed by atoms with Gasteiger partial charge in [0.1, 0.15) is 5.84 Å². The van der Waals surface area contributed by atoms with Crippen molar-refractivity contribution in [1.82, 2.24) is 5.32 Å². The van der Waals surface area contributed by atoms with Gasteiger partial charge in [0.05, 0.1) is 13.2 Å². The van der Waals surface area contributed by atoms with Gasteiger partial charge in [-0.15, -0.1) is 6.58 Å². The highest BCUT2D eigenvalue weighted by Crippen LogP contribution is 2.06. The predicted molar refractivity (Wildman–Crippen MR) is 45.7 cm³/mol. The van der Waals surface area contributed by atoms with Gasteiger partial charge in [0.15, 0.2) is 0 Å². The van der Waals surface area contributed by atoms with Crippen molar-refractivity contribution in [3.05, 3.63) is 12.7 Å². The molecule has 1 atom stereocenters. The topological polar surface area (TPSA) is 44.6 Å². The lowest BCUT2D eigenvalue weighted by Gasteiger charge is -2.11. The van der Waals surface area contributed by atoms with Crippen LogP contribution in [0.2, 0.25) is 0 Å². The summed E-state index contributed by atoms with van der Waals surface area (Å²) in [5.41, 5.74) is 0. The molecule has 1 aliphatic heterocycles. The van der Waals surface area contributed by atoms with E-state index in [1.807, 2.05) is 6.08 Å². The monoisotopic (exact) mass is 154 g/mol. The Kier molecular flexibility index (Phi) is 3.11. The summed E-state index contributed by atoms with van der Waals surface area (Å²) in [6.07, 6.45) is 2.60. The Balaban J connectivity index is 2.46. The number of hydrogen-bond acceptors (Lipinski definition) is 3. The molecule has 0 aromatic heterocycles. The van der Waals surface area contributed by atoms with E-state index in [1.54, 1.807) is 0 Å². The molecule has 2 N–H and O–H groups in total. The second kappa shape index (κ2) is 4.13. The SMILES string of the molecule is C=CCC(CO)C1=NCCN1. The van der Waals surface area contributed by atoms with Crippen molar-refractivity contribution in [2.45, 2.75) is 6.42 Å². The van der Waals surface area contributed by atoms with Crippen LogP contribution >= 0.6 is 0 Å². The first-order chi connectivity index (χ1) is 5.38. The van der Waals surface area contributed by atoms with Crippen molar-refractivity contribution < 1.29 is 5.11 Å². The van der Waals surface area contributed by atoms with Crippen molar-refractivity contribution in [3.63, 3.8) is 0 Å². The molecule has 0 radical (unpaired) electrons. The quantitative estimate of drug-likeness (QED) is 0.567. The maximum atomic E-state index is 8.95. The third-order valence-corrected chi connectivity index (χ3v) is 1.76. The van der Waals surface area contributed by atoms with Crippen LogP contribution in [0, 0.1) is 5.92 Å². The Morgan fingerprint density at radius 2 is 2.64 bits per heavy atom. The van der Waals surface area contributed by atoms with Gasteiger partial charge in [-0.3, -0.25) is 4.99 Å². The zero-order valence-corrected chi connectivity index (χ0v) is 6.58. The molecule has 3 heteroatoms. The molecular formula is C8H14N2O. The minimum Gasteiger partial charge on any atom is -0.396 e. The van der Waals surface area contributed by atoms with Gasteiger partial charge < -0.3 is 10.4 Å². The smallest absolute Gasteiger partial charge is 0.102 e. The fraction of sp³-hybridized carbons (Fsp3) is 0.625. The number of nitrogens with zero attached hydrogens (tertiary/aromatic N) is 1. The van der Waals surface area contributed by atoms with Gasteiger partial charge >= 0.3 is 0 Å². The normalized spacial score (nSPS) is 18.8. The van der Waals surface area contributed by atoms with E-state index in [1.165, 1.54) is 0 Å². The lowest BCUT2D eigenvalue weighted by atomic mass is 10.1. The lowest BCUT2D eigenvalue weighted by Crippen LogP contribution is -2.29. The number of allylic oxidation sites excluding steroid dienone is 1. The zero-order chi connectivity index (χ0) is 8.10. The number of aliphatic hydroxyl groups excluding tert-OH is 1. The van der Waals surface area contributed by atoms with Crippen molar-refractivity contribution >= 4 is 5.84 Å². The second-order valence-corrected chi connectivity index (χ2v) is 2.60. The summed E-state index contributed by atoms with van der Waals surface area (Å²) in [5, 5.41) is 12.1. The Hall–Kier alpha value is -0.830. The maximum absolute atomic E-state index is 8.95. The molecule has 1 aliphatic rings. The van der Waals surface area contributed by atoms with Crippen LogP contribution in [0.15, 0.2) is 17.6 Å². The molecule has 0 amide bonds. The minimum atomic E-state index is 0.134. The third kappa shape index (κ3) is 2.05. The maximum Gasteiger partial charge on any atom is 0.102 e. The number of rotatable bonds is 4. The van der Waals surface area contributed by atoms with E-state index in [0.29, 0.717) is 0 Å². The van der Waals surface area contributed by atoms with Gasteiger partial charge in [0, 0.05) is 12.5 Å². The van der Waals surface area contributed by atoms with Crippen molar-refractivity contribution in [1.29, 1.82) is 0 Å². The van der Waals surface area contributed by atoms with Gasteiger partial charge in [-0.05, 0) is 6.42 Å². The summed E-state index contributed by atoms with van der Waals surface area (Å²) in [4.78, 5) is 4.22. The van der Waals surface area contributed by atoms with Gasteiger partial charge in [-0.1, -0.05) is 6.08 Å². The summed E-state index contributed by atoms with van der Waals surface area (Å²) in [5.74, 6) is 1.07. The molecule has 3 nitrogen and oxygen atoms in total. The van der Waals surface area contributed by atoms with Gasteiger partial charge in [0.2, 0.25) is 0 Å². The molecule has 0 saturated heterocycles. The lowest BCUT2D eigenvalue weighted by molar-refractivity contribution is 0.261. The molecule has 0 aliphatic carbocycles. The fourth-order valence-electron chi connectivity index (χ4n) is 1.16. The number of amidine groups is 1. The Morgan fingerprint density at radius 1 is 1.82 bits per heavy atom. The minimum absolute atomic E-state index is 0.134. The van der Waals surface area contributed by atoms with Crippen molar-refractivity contribution in [2.24, 2.45) is 10.9 Å². The van der Waals surface area contributed by atoms with Crippen LogP contribution in [-0.4, -0.2) is 30.6 Å². The third-order valence-electron chi connectivity index (χ3n) is 1.76. The largest absolute Gasteiger partial charge is 0.396 e. The highest BCUT2D eigenvalue weighted by atomic mass is 16.3. The van der Waals surface area contributed by atoms with E-state index < -0.39 is 0 Å². The Labute approximate surface area is 66.8 Å². The van der Waals surface area contributed by atoms with E-state index in [4.69, 9.17) is 5.11 Å². The van der Waals surface area contributed by atoms with E-state index >= 15 is 0 Å². The Bertz CT molecular complexity index is 165. The molecule has 0 aromatic carbocycles. The van der Waals surface area contributed by atoms with Crippen molar-refractivity contribution in [2.75, 3.05) is 19.7 Å². The van der Waals surface area contributed by atoms with E-state index in [2.05, 4.69) is 16.9 Å². The highest BCUT2D eigenvalue weighted by molar-refractivity contribution is 5.86. The molecule has 0 saturated carbocycles. The van der Waals surface area contributed by atoms with Crippen LogP contribution in [0.5, 0.6) is 0 Å². The Morgan fingerprint density at radius 3 is 3.09 bits per heavy atom. The fourth-order valence-corrected chi connectivity index (χ4v) is 1.16. The van der Waals surface area contributed by atoms with Gasteiger partial charge in [0.25, 0.3) is 0 Å². The first-order valence-electron chi connectivity index (χ1n) is 3.88. The molecule has 1 unspecified atom stereocenters. The number of hydrogen-bond donors (Lipinski definition) is 2. The van der Waals surface area contributed by atoms with E-state index in [-0.39, 0.29) is 12.5 Å². The second-order valence-electron chi connectivity index (χ2n) is 2.60. The molecule has 1 heterocycles. The van der Waals surface area contributed by atoms with Crippen LogP contribution in [0.4, 0.5) is 0 Å².